The van der Waals surface area contributed by atoms with E-state index in [1.807, 2.05) is 25.1 Å². The van der Waals surface area contributed by atoms with Gasteiger partial charge in [-0.1, -0.05) is 17.7 Å². The van der Waals surface area contributed by atoms with Crippen LogP contribution >= 0.6 is 11.6 Å². The highest BCUT2D eigenvalue weighted by atomic mass is 35.5. The van der Waals surface area contributed by atoms with Crippen molar-refractivity contribution in [3.63, 3.8) is 0 Å². The van der Waals surface area contributed by atoms with Crippen LogP contribution in [0.15, 0.2) is 18.2 Å². The first kappa shape index (κ1) is 9.81. The molecule has 0 bridgehead atoms. The van der Waals surface area contributed by atoms with E-state index in [0.717, 1.165) is 31.0 Å². The van der Waals surface area contributed by atoms with Crippen LogP contribution in [0.1, 0.15) is 5.56 Å². The van der Waals surface area contributed by atoms with Crippen LogP contribution in [-0.4, -0.2) is 19.7 Å². The van der Waals surface area contributed by atoms with E-state index in [1.165, 1.54) is 0 Å². The molecule has 1 N–H and O–H groups in total. The fourth-order valence-electron chi connectivity index (χ4n) is 1.40. The zero-order valence-corrected chi connectivity index (χ0v) is 8.97. The van der Waals surface area contributed by atoms with Crippen molar-refractivity contribution in [2.75, 3.05) is 19.7 Å². The molecule has 1 saturated heterocycles. The van der Waals surface area contributed by atoms with Crippen molar-refractivity contribution in [1.82, 2.24) is 5.32 Å². The van der Waals surface area contributed by atoms with Crippen LogP contribution in [0.3, 0.4) is 0 Å². The Morgan fingerprint density at radius 3 is 2.86 bits per heavy atom. The number of hydrogen-bond acceptors (Lipinski definition) is 2. The molecular weight excluding hydrogens is 198 g/mol. The second kappa shape index (κ2) is 4.20. The molecule has 0 saturated carbocycles. The van der Waals surface area contributed by atoms with Crippen LogP contribution in [0.5, 0.6) is 5.75 Å². The lowest BCUT2D eigenvalue weighted by molar-refractivity contribution is 0.199. The van der Waals surface area contributed by atoms with Gasteiger partial charge in [0.1, 0.15) is 5.75 Å². The Hall–Kier alpha value is -0.730. The smallest absolute Gasteiger partial charge is 0.137 e. The summed E-state index contributed by atoms with van der Waals surface area (Å²) < 4.78 is 5.62. The monoisotopic (exact) mass is 211 g/mol. The third-order valence-corrected chi connectivity index (χ3v) is 2.72. The second-order valence-electron chi connectivity index (χ2n) is 3.77. The number of rotatable bonds is 3. The van der Waals surface area contributed by atoms with Gasteiger partial charge in [0.25, 0.3) is 0 Å². The fraction of sp³-hybridized carbons (Fsp3) is 0.455. The van der Waals surface area contributed by atoms with Crippen molar-refractivity contribution >= 4 is 11.6 Å². The van der Waals surface area contributed by atoms with Crippen molar-refractivity contribution in [1.29, 1.82) is 0 Å². The number of nitrogens with one attached hydrogen (secondary N) is 1. The molecule has 0 amide bonds. The van der Waals surface area contributed by atoms with Gasteiger partial charge in [-0.3, -0.25) is 0 Å². The summed E-state index contributed by atoms with van der Waals surface area (Å²) in [5.41, 5.74) is 1.16. The summed E-state index contributed by atoms with van der Waals surface area (Å²) in [5, 5.41) is 3.91. The summed E-state index contributed by atoms with van der Waals surface area (Å²) in [6, 6.07) is 5.87. The van der Waals surface area contributed by atoms with E-state index in [-0.39, 0.29) is 0 Å². The quantitative estimate of drug-likeness (QED) is 0.828. The minimum Gasteiger partial charge on any atom is -0.492 e. The molecule has 0 aliphatic carbocycles. The Morgan fingerprint density at radius 1 is 1.50 bits per heavy atom. The summed E-state index contributed by atoms with van der Waals surface area (Å²) in [6.45, 7) is 4.90. The van der Waals surface area contributed by atoms with Crippen molar-refractivity contribution in [2.45, 2.75) is 6.92 Å². The zero-order valence-electron chi connectivity index (χ0n) is 8.22. The molecule has 1 aromatic rings. The standard InChI is InChI=1S/C11H14ClNO/c1-8-2-3-11(10(12)4-8)14-7-9-5-13-6-9/h2-4,9,13H,5-7H2,1H3. The van der Waals surface area contributed by atoms with Gasteiger partial charge in [-0.15, -0.1) is 0 Å². The lowest BCUT2D eigenvalue weighted by Gasteiger charge is -2.27. The molecule has 0 atom stereocenters. The number of benzene rings is 1. The Bertz CT molecular complexity index is 323. The molecule has 0 radical (unpaired) electrons. The minimum atomic E-state index is 0.646. The Balaban J connectivity index is 1.94. The third kappa shape index (κ3) is 2.20. The summed E-state index contributed by atoms with van der Waals surface area (Å²) >= 11 is 6.03. The van der Waals surface area contributed by atoms with Crippen molar-refractivity contribution in [2.24, 2.45) is 5.92 Å². The average molecular weight is 212 g/mol. The van der Waals surface area contributed by atoms with E-state index < -0.39 is 0 Å². The SMILES string of the molecule is Cc1ccc(OCC2CNC2)c(Cl)c1. The largest absolute Gasteiger partial charge is 0.492 e. The highest BCUT2D eigenvalue weighted by Gasteiger charge is 2.17. The van der Waals surface area contributed by atoms with E-state index in [2.05, 4.69) is 5.32 Å². The average Bonchev–Trinajstić information content (AvgIpc) is 2.05. The Labute approximate surface area is 89.2 Å². The molecule has 0 unspecified atom stereocenters. The lowest BCUT2D eigenvalue weighted by Crippen LogP contribution is -2.45. The van der Waals surface area contributed by atoms with Gasteiger partial charge in [-0.25, -0.2) is 0 Å². The van der Waals surface area contributed by atoms with Crippen LogP contribution in [0.2, 0.25) is 5.02 Å². The normalized spacial score (nSPS) is 16.4. The predicted molar refractivity (Wildman–Crippen MR) is 58.0 cm³/mol. The van der Waals surface area contributed by atoms with E-state index in [1.54, 1.807) is 0 Å². The number of hydrogen-bond donors (Lipinski definition) is 1. The van der Waals surface area contributed by atoms with Crippen LogP contribution in [0, 0.1) is 12.8 Å². The maximum Gasteiger partial charge on any atom is 0.137 e. The highest BCUT2D eigenvalue weighted by molar-refractivity contribution is 6.32. The van der Waals surface area contributed by atoms with Crippen LogP contribution in [-0.2, 0) is 0 Å². The van der Waals surface area contributed by atoms with Crippen LogP contribution in [0.25, 0.3) is 0 Å². The van der Waals surface area contributed by atoms with Crippen LogP contribution < -0.4 is 10.1 Å². The number of ether oxygens (including phenoxy) is 1. The van der Waals surface area contributed by atoms with E-state index in [9.17, 15) is 0 Å². The molecule has 1 fully saturated rings. The van der Waals surface area contributed by atoms with Crippen LogP contribution in [0.4, 0.5) is 0 Å². The molecule has 2 rings (SSSR count). The number of halogens is 1. The second-order valence-corrected chi connectivity index (χ2v) is 4.18. The van der Waals surface area contributed by atoms with Crippen molar-refractivity contribution < 1.29 is 4.74 Å². The third-order valence-electron chi connectivity index (χ3n) is 2.43. The summed E-state index contributed by atoms with van der Waals surface area (Å²) in [7, 11) is 0. The summed E-state index contributed by atoms with van der Waals surface area (Å²) in [6.07, 6.45) is 0. The molecule has 0 spiro atoms. The predicted octanol–water partition coefficient (Wildman–Crippen LogP) is 2.25. The van der Waals surface area contributed by atoms with E-state index >= 15 is 0 Å². The first-order valence-electron chi connectivity index (χ1n) is 4.85. The fourth-order valence-corrected chi connectivity index (χ4v) is 1.69. The first-order chi connectivity index (χ1) is 6.75. The topological polar surface area (TPSA) is 21.3 Å². The molecule has 2 nitrogen and oxygen atoms in total. The molecule has 1 aromatic carbocycles. The molecule has 1 heterocycles. The molecule has 76 valence electrons. The van der Waals surface area contributed by atoms with Crippen molar-refractivity contribution in [3.8, 4) is 5.75 Å². The van der Waals surface area contributed by atoms with Gasteiger partial charge in [0.2, 0.25) is 0 Å². The van der Waals surface area contributed by atoms with Gasteiger partial charge < -0.3 is 10.1 Å². The van der Waals surface area contributed by atoms with Gasteiger partial charge in [-0.2, -0.15) is 0 Å². The van der Waals surface area contributed by atoms with E-state index in [4.69, 9.17) is 16.3 Å². The van der Waals surface area contributed by atoms with Gasteiger partial charge in [0.05, 0.1) is 11.6 Å². The molecule has 3 heteroatoms. The summed E-state index contributed by atoms with van der Waals surface area (Å²) in [4.78, 5) is 0. The number of aryl methyl sites for hydroxylation is 1. The molecule has 0 aromatic heterocycles. The molecular formula is C11H14ClNO. The van der Waals surface area contributed by atoms with Gasteiger partial charge in [0.15, 0.2) is 0 Å². The highest BCUT2D eigenvalue weighted by Crippen LogP contribution is 2.25. The minimum absolute atomic E-state index is 0.646. The maximum absolute atomic E-state index is 6.03. The molecule has 1 aliphatic rings. The molecule has 1 aliphatic heterocycles. The van der Waals surface area contributed by atoms with Gasteiger partial charge >= 0.3 is 0 Å². The van der Waals surface area contributed by atoms with Crippen molar-refractivity contribution in [3.05, 3.63) is 28.8 Å². The zero-order chi connectivity index (χ0) is 9.97. The Kier molecular flexibility index (Phi) is 2.94. The first-order valence-corrected chi connectivity index (χ1v) is 5.23. The van der Waals surface area contributed by atoms with E-state index in [0.29, 0.717) is 10.9 Å². The maximum atomic E-state index is 6.03. The Morgan fingerprint density at radius 2 is 2.29 bits per heavy atom. The van der Waals surface area contributed by atoms with Gasteiger partial charge in [-0.05, 0) is 24.6 Å². The molecule has 14 heavy (non-hydrogen) atoms. The lowest BCUT2D eigenvalue weighted by atomic mass is 10.1. The summed E-state index contributed by atoms with van der Waals surface area (Å²) in [5.74, 6) is 1.44. The van der Waals surface area contributed by atoms with Gasteiger partial charge in [0, 0.05) is 19.0 Å².